The number of nitrogens with one attached hydrogen (secondary N) is 2. The summed E-state index contributed by atoms with van der Waals surface area (Å²) in [5, 5.41) is 16.4. The van der Waals surface area contributed by atoms with Crippen LogP contribution in [-0.4, -0.2) is 78.4 Å². The quantitative estimate of drug-likeness (QED) is 0.213. The molecule has 0 aromatic heterocycles. The van der Waals surface area contributed by atoms with E-state index in [1.54, 1.807) is 30.0 Å². The molecule has 1 heterocycles. The Kier molecular flexibility index (Phi) is 14.4. The molecule has 0 fully saturated rings. The number of hydrogen-bond donors (Lipinski definition) is 3. The van der Waals surface area contributed by atoms with Crippen LogP contribution < -0.4 is 15.4 Å². The minimum Gasteiger partial charge on any atom is -0.490 e. The highest BCUT2D eigenvalue weighted by atomic mass is 35.5. The van der Waals surface area contributed by atoms with Crippen LogP contribution in [0.15, 0.2) is 60.7 Å². The van der Waals surface area contributed by atoms with Gasteiger partial charge in [-0.3, -0.25) is 9.69 Å². The van der Waals surface area contributed by atoms with Crippen LogP contribution in [0.1, 0.15) is 61.5 Å². The van der Waals surface area contributed by atoms with Crippen LogP contribution in [0.4, 0.5) is 29.3 Å². The number of halogens is 5. The summed E-state index contributed by atoms with van der Waals surface area (Å²) in [7, 11) is 1.99. The zero-order valence-electron chi connectivity index (χ0n) is 29.1. The number of carbonyl (C=O) groups is 2. The van der Waals surface area contributed by atoms with E-state index in [0.717, 1.165) is 42.7 Å². The van der Waals surface area contributed by atoms with Crippen LogP contribution >= 0.6 is 23.2 Å². The first-order valence-corrected chi connectivity index (χ1v) is 17.6. The van der Waals surface area contributed by atoms with Gasteiger partial charge in [0.1, 0.15) is 5.75 Å². The van der Waals surface area contributed by atoms with Crippen molar-refractivity contribution in [1.29, 1.82) is 0 Å². The summed E-state index contributed by atoms with van der Waals surface area (Å²) in [4.78, 5) is 30.9. The number of rotatable bonds is 8. The highest BCUT2D eigenvalue weighted by Gasteiger charge is 2.31. The molecule has 3 N–H and O–H groups in total. The molecule has 4 atom stereocenters. The van der Waals surface area contributed by atoms with Crippen molar-refractivity contribution in [3.05, 3.63) is 87.4 Å². The summed E-state index contributed by atoms with van der Waals surface area (Å²) in [6.45, 7) is 7.35. The number of alkyl halides is 3. The number of anilines is 2. The maximum Gasteiger partial charge on any atom is 0.416 e. The second-order valence-electron chi connectivity index (χ2n) is 13.1. The predicted molar refractivity (Wildman–Crippen MR) is 194 cm³/mol. The van der Waals surface area contributed by atoms with Gasteiger partial charge in [-0.1, -0.05) is 36.2 Å². The minimum absolute atomic E-state index is 0.152. The zero-order chi connectivity index (χ0) is 37.3. The van der Waals surface area contributed by atoms with E-state index in [1.807, 2.05) is 33.0 Å². The predicted octanol–water partition coefficient (Wildman–Crippen LogP) is 8.58. The molecule has 14 heteroatoms. The van der Waals surface area contributed by atoms with Crippen LogP contribution in [0.2, 0.25) is 10.0 Å². The van der Waals surface area contributed by atoms with E-state index in [1.165, 1.54) is 6.07 Å². The van der Waals surface area contributed by atoms with Crippen molar-refractivity contribution in [2.24, 2.45) is 5.92 Å². The van der Waals surface area contributed by atoms with Crippen molar-refractivity contribution >= 4 is 46.5 Å². The lowest BCUT2D eigenvalue weighted by Gasteiger charge is -2.36. The van der Waals surface area contributed by atoms with Crippen molar-refractivity contribution in [3.63, 3.8) is 0 Å². The molecule has 9 nitrogen and oxygen atoms in total. The number of fused-ring (bicyclic) bond motifs is 1. The third-order valence-electron chi connectivity index (χ3n) is 8.71. The standard InChI is InChI=1S/C37H45Cl2F3N4O5/c1-23-19-46(24(2)22-47)35(48)30-18-29(44-36(49)43-28-11-9-27(10-12-28)37(40,41)42)13-15-33(30)51-25(3)7-5-6-16-50-34(23)21-45(4)20-26-8-14-31(38)32(39)17-26/h8-15,17-18,23-25,34,47H,5-7,16,19-22H2,1-4H3,(H2,43,44,49)/t23-,24+,25+,34-/m0/s1. The molecule has 51 heavy (non-hydrogen) atoms. The van der Waals surface area contributed by atoms with Crippen LogP contribution in [-0.2, 0) is 17.5 Å². The summed E-state index contributed by atoms with van der Waals surface area (Å²) in [6.07, 6.45) is -2.64. The summed E-state index contributed by atoms with van der Waals surface area (Å²) in [5.74, 6) is -0.228. The highest BCUT2D eigenvalue weighted by molar-refractivity contribution is 6.42. The molecule has 0 aliphatic carbocycles. The van der Waals surface area contributed by atoms with Gasteiger partial charge in [0.25, 0.3) is 5.91 Å². The Hall–Kier alpha value is -3.55. The maximum absolute atomic E-state index is 14.4. The lowest BCUT2D eigenvalue weighted by molar-refractivity contribution is -0.137. The topological polar surface area (TPSA) is 103 Å². The lowest BCUT2D eigenvalue weighted by Crippen LogP contribution is -2.47. The monoisotopic (exact) mass is 752 g/mol. The molecule has 0 saturated heterocycles. The number of ether oxygens (including phenoxy) is 2. The molecule has 3 aromatic rings. The molecule has 0 saturated carbocycles. The molecule has 0 bridgehead atoms. The van der Waals surface area contributed by atoms with Crippen molar-refractivity contribution in [3.8, 4) is 5.75 Å². The van der Waals surface area contributed by atoms with Gasteiger partial charge in [0.2, 0.25) is 0 Å². The number of urea groups is 1. The van der Waals surface area contributed by atoms with Gasteiger partial charge in [-0.15, -0.1) is 0 Å². The van der Waals surface area contributed by atoms with E-state index in [2.05, 4.69) is 15.5 Å². The Morgan fingerprint density at radius 1 is 1.02 bits per heavy atom. The number of aliphatic hydroxyl groups excluding tert-OH is 1. The maximum atomic E-state index is 14.4. The molecule has 0 unspecified atom stereocenters. The number of nitrogens with zero attached hydrogens (tertiary/aromatic N) is 2. The van der Waals surface area contributed by atoms with Crippen LogP contribution in [0, 0.1) is 5.92 Å². The second kappa shape index (κ2) is 18.3. The van der Waals surface area contributed by atoms with E-state index in [9.17, 15) is 27.9 Å². The third kappa shape index (κ3) is 11.7. The number of amides is 3. The summed E-state index contributed by atoms with van der Waals surface area (Å²) < 4.78 is 51.6. The fraction of sp³-hybridized carbons (Fsp3) is 0.459. The van der Waals surface area contributed by atoms with Gasteiger partial charge in [0.15, 0.2) is 0 Å². The van der Waals surface area contributed by atoms with Gasteiger partial charge in [0, 0.05) is 43.5 Å². The number of carbonyl (C=O) groups excluding carboxylic acids is 2. The Labute approximate surface area is 307 Å². The third-order valence-corrected chi connectivity index (χ3v) is 9.45. The zero-order valence-corrected chi connectivity index (χ0v) is 30.6. The molecule has 4 rings (SSSR count). The van der Waals surface area contributed by atoms with Gasteiger partial charge in [-0.2, -0.15) is 13.2 Å². The van der Waals surface area contributed by atoms with Gasteiger partial charge < -0.3 is 30.1 Å². The van der Waals surface area contributed by atoms with Gasteiger partial charge in [0.05, 0.1) is 46.0 Å². The van der Waals surface area contributed by atoms with Crippen molar-refractivity contribution in [1.82, 2.24) is 9.80 Å². The SMILES string of the molecule is C[C@@H]1CCCCO[C@@H](CN(C)Cc2ccc(Cl)c(Cl)c2)[C@@H](C)CN([C@H](C)CO)C(=O)c2cc(NC(=O)Nc3ccc(C(F)(F)F)cc3)ccc2O1. The Balaban J connectivity index is 1.57. The fourth-order valence-corrected chi connectivity index (χ4v) is 6.14. The Morgan fingerprint density at radius 2 is 1.71 bits per heavy atom. The minimum atomic E-state index is -4.50. The molecular formula is C37H45Cl2F3N4O5. The first-order chi connectivity index (χ1) is 24.1. The smallest absolute Gasteiger partial charge is 0.416 e. The van der Waals surface area contributed by atoms with E-state index < -0.39 is 29.7 Å². The molecular weight excluding hydrogens is 708 g/mol. The van der Waals surface area contributed by atoms with E-state index >= 15 is 0 Å². The number of benzene rings is 3. The molecule has 1 aliphatic rings. The van der Waals surface area contributed by atoms with Crippen molar-refractivity contribution in [2.45, 2.75) is 71.0 Å². The fourth-order valence-electron chi connectivity index (χ4n) is 5.82. The number of aliphatic hydroxyl groups is 1. The number of likely N-dealkylation sites (N-methyl/N-ethyl adjacent to an activating group) is 1. The second-order valence-corrected chi connectivity index (χ2v) is 13.9. The first-order valence-electron chi connectivity index (χ1n) is 16.9. The molecule has 1 aliphatic heterocycles. The summed E-state index contributed by atoms with van der Waals surface area (Å²) in [5.41, 5.74) is 0.765. The normalized spacial score (nSPS) is 19.9. The van der Waals surface area contributed by atoms with E-state index in [-0.39, 0.29) is 48.2 Å². The van der Waals surface area contributed by atoms with Crippen LogP contribution in [0.25, 0.3) is 0 Å². The van der Waals surface area contributed by atoms with Gasteiger partial charge in [-0.25, -0.2) is 4.79 Å². The van der Waals surface area contributed by atoms with Crippen molar-refractivity contribution in [2.75, 3.05) is 44.0 Å². The van der Waals surface area contributed by atoms with Gasteiger partial charge >= 0.3 is 12.2 Å². The highest BCUT2D eigenvalue weighted by Crippen LogP contribution is 2.31. The molecule has 3 aromatic carbocycles. The average Bonchev–Trinajstić information content (AvgIpc) is 3.07. The molecule has 3 amide bonds. The van der Waals surface area contributed by atoms with Crippen molar-refractivity contribution < 1.29 is 37.3 Å². The molecule has 0 radical (unpaired) electrons. The Bertz CT molecular complexity index is 1630. The molecule has 0 spiro atoms. The lowest BCUT2D eigenvalue weighted by atomic mass is 10.0. The Morgan fingerprint density at radius 3 is 2.37 bits per heavy atom. The van der Waals surface area contributed by atoms with Gasteiger partial charge in [-0.05, 0) is 100 Å². The molecule has 278 valence electrons. The van der Waals surface area contributed by atoms with E-state index in [0.29, 0.717) is 41.9 Å². The largest absolute Gasteiger partial charge is 0.490 e. The van der Waals surface area contributed by atoms with E-state index in [4.69, 9.17) is 32.7 Å². The average molecular weight is 754 g/mol. The first kappa shape index (κ1) is 40.2. The number of hydrogen-bond acceptors (Lipinski definition) is 6. The van der Waals surface area contributed by atoms with Crippen LogP contribution in [0.3, 0.4) is 0 Å². The summed E-state index contributed by atoms with van der Waals surface area (Å²) in [6, 6.07) is 13.0. The van der Waals surface area contributed by atoms with Crippen LogP contribution in [0.5, 0.6) is 5.75 Å². The summed E-state index contributed by atoms with van der Waals surface area (Å²) >= 11 is 12.4.